The lowest BCUT2D eigenvalue weighted by molar-refractivity contribution is 0.373. The first-order chi connectivity index (χ1) is 16.4. The molecule has 0 atom stereocenters. The monoisotopic (exact) mass is 477 g/mol. The SMILES string of the molecule is CCc1cnc(N2CCC(n3ncc4cc(Nc5ccc(S(C)(=O)=O)cc5)ncc43)CC2)nc1. The predicted octanol–water partition coefficient (Wildman–Crippen LogP) is 3.77. The molecule has 1 aliphatic rings. The van der Waals surface area contributed by atoms with Crippen molar-refractivity contribution in [2.45, 2.75) is 37.1 Å². The Kier molecular flexibility index (Phi) is 5.91. The van der Waals surface area contributed by atoms with Crippen LogP contribution in [-0.4, -0.2) is 52.5 Å². The topological polar surface area (TPSA) is 106 Å². The fourth-order valence-corrected chi connectivity index (χ4v) is 4.87. The summed E-state index contributed by atoms with van der Waals surface area (Å²) in [4.78, 5) is 16.1. The molecule has 5 rings (SSSR count). The number of pyridine rings is 1. The van der Waals surface area contributed by atoms with Crippen molar-refractivity contribution in [2.75, 3.05) is 29.6 Å². The van der Waals surface area contributed by atoms with Gasteiger partial charge in [0.15, 0.2) is 9.84 Å². The van der Waals surface area contributed by atoms with Crippen LogP contribution in [0.2, 0.25) is 0 Å². The Morgan fingerprint density at radius 1 is 1.00 bits per heavy atom. The van der Waals surface area contributed by atoms with E-state index in [4.69, 9.17) is 0 Å². The molecule has 9 nitrogen and oxygen atoms in total. The second-order valence-electron chi connectivity index (χ2n) is 8.60. The quantitative estimate of drug-likeness (QED) is 0.447. The number of hydrogen-bond acceptors (Lipinski definition) is 8. The summed E-state index contributed by atoms with van der Waals surface area (Å²) in [5.41, 5.74) is 2.92. The molecule has 4 heterocycles. The minimum Gasteiger partial charge on any atom is -0.341 e. The molecule has 0 saturated carbocycles. The van der Waals surface area contributed by atoms with E-state index in [9.17, 15) is 8.42 Å². The van der Waals surface area contributed by atoms with Crippen molar-refractivity contribution in [2.24, 2.45) is 0 Å². The van der Waals surface area contributed by atoms with Crippen molar-refractivity contribution in [1.29, 1.82) is 0 Å². The van der Waals surface area contributed by atoms with E-state index in [2.05, 4.69) is 41.9 Å². The molecule has 1 fully saturated rings. The molecule has 0 bridgehead atoms. The molecule has 1 aliphatic heterocycles. The zero-order valence-corrected chi connectivity index (χ0v) is 20.0. The largest absolute Gasteiger partial charge is 0.341 e. The van der Waals surface area contributed by atoms with E-state index in [1.165, 1.54) is 6.26 Å². The molecule has 10 heteroatoms. The van der Waals surface area contributed by atoms with Crippen LogP contribution < -0.4 is 10.2 Å². The van der Waals surface area contributed by atoms with E-state index in [1.54, 1.807) is 24.3 Å². The van der Waals surface area contributed by atoms with Crippen LogP contribution in [0.1, 0.15) is 31.4 Å². The average Bonchev–Trinajstić information content (AvgIpc) is 3.27. The molecule has 176 valence electrons. The number of rotatable bonds is 6. The van der Waals surface area contributed by atoms with E-state index in [1.807, 2.05) is 30.9 Å². The summed E-state index contributed by atoms with van der Waals surface area (Å²) >= 11 is 0. The first-order valence-electron chi connectivity index (χ1n) is 11.4. The van der Waals surface area contributed by atoms with Gasteiger partial charge in [-0.1, -0.05) is 6.92 Å². The van der Waals surface area contributed by atoms with Crippen LogP contribution in [0.5, 0.6) is 0 Å². The third-order valence-electron chi connectivity index (χ3n) is 6.23. The molecule has 0 aliphatic carbocycles. The van der Waals surface area contributed by atoms with Crippen molar-refractivity contribution >= 4 is 38.2 Å². The van der Waals surface area contributed by atoms with Crippen LogP contribution >= 0.6 is 0 Å². The fraction of sp³-hybridized carbons (Fsp3) is 0.333. The predicted molar refractivity (Wildman–Crippen MR) is 132 cm³/mol. The summed E-state index contributed by atoms with van der Waals surface area (Å²) in [7, 11) is -3.22. The Balaban J connectivity index is 1.27. The normalized spacial score (nSPS) is 15.1. The van der Waals surface area contributed by atoms with Crippen molar-refractivity contribution < 1.29 is 8.42 Å². The van der Waals surface area contributed by atoms with Crippen molar-refractivity contribution in [1.82, 2.24) is 24.7 Å². The van der Waals surface area contributed by atoms with E-state index < -0.39 is 9.84 Å². The molecular formula is C24H27N7O2S. The summed E-state index contributed by atoms with van der Waals surface area (Å²) in [6.45, 7) is 3.87. The number of piperidine rings is 1. The summed E-state index contributed by atoms with van der Waals surface area (Å²) < 4.78 is 25.4. The van der Waals surface area contributed by atoms with Crippen molar-refractivity contribution in [3.05, 3.63) is 60.7 Å². The van der Waals surface area contributed by atoms with Gasteiger partial charge in [-0.2, -0.15) is 5.10 Å². The number of fused-ring (bicyclic) bond motifs is 1. The number of aryl methyl sites for hydroxylation is 1. The van der Waals surface area contributed by atoms with Crippen LogP contribution in [0.4, 0.5) is 17.5 Å². The molecule has 0 radical (unpaired) electrons. The number of anilines is 3. The number of nitrogens with one attached hydrogen (secondary N) is 1. The van der Waals surface area contributed by atoms with Crippen LogP contribution in [0.15, 0.2) is 60.0 Å². The van der Waals surface area contributed by atoms with Gasteiger partial charge in [0.25, 0.3) is 0 Å². The number of sulfone groups is 1. The van der Waals surface area contributed by atoms with Crippen LogP contribution in [0.25, 0.3) is 10.9 Å². The van der Waals surface area contributed by atoms with Crippen molar-refractivity contribution in [3.8, 4) is 0 Å². The van der Waals surface area contributed by atoms with Gasteiger partial charge in [0, 0.05) is 42.8 Å². The second-order valence-corrected chi connectivity index (χ2v) is 10.6. The van der Waals surface area contributed by atoms with E-state index >= 15 is 0 Å². The minimum absolute atomic E-state index is 0.290. The molecule has 0 unspecified atom stereocenters. The Labute approximate surface area is 198 Å². The third-order valence-corrected chi connectivity index (χ3v) is 7.36. The Hall–Kier alpha value is -3.53. The summed E-state index contributed by atoms with van der Waals surface area (Å²) in [6, 6.07) is 8.90. The van der Waals surface area contributed by atoms with Gasteiger partial charge in [-0.15, -0.1) is 0 Å². The van der Waals surface area contributed by atoms with E-state index in [0.29, 0.717) is 16.8 Å². The van der Waals surface area contributed by atoms with Gasteiger partial charge in [0.05, 0.1) is 28.8 Å². The molecule has 0 spiro atoms. The molecular weight excluding hydrogens is 450 g/mol. The number of nitrogens with zero attached hydrogens (tertiary/aromatic N) is 6. The van der Waals surface area contributed by atoms with E-state index in [0.717, 1.165) is 60.5 Å². The van der Waals surface area contributed by atoms with Crippen LogP contribution in [0, 0.1) is 0 Å². The van der Waals surface area contributed by atoms with Crippen LogP contribution in [0.3, 0.4) is 0 Å². The average molecular weight is 478 g/mol. The van der Waals surface area contributed by atoms with Gasteiger partial charge < -0.3 is 10.2 Å². The maximum absolute atomic E-state index is 11.6. The zero-order chi connectivity index (χ0) is 23.7. The van der Waals surface area contributed by atoms with Gasteiger partial charge in [0.1, 0.15) is 5.82 Å². The van der Waals surface area contributed by atoms with Gasteiger partial charge in [-0.25, -0.2) is 23.4 Å². The molecule has 34 heavy (non-hydrogen) atoms. The lowest BCUT2D eigenvalue weighted by Crippen LogP contribution is -2.36. The van der Waals surface area contributed by atoms with E-state index in [-0.39, 0.29) is 0 Å². The highest BCUT2D eigenvalue weighted by molar-refractivity contribution is 7.90. The summed E-state index contributed by atoms with van der Waals surface area (Å²) in [6.07, 6.45) is 11.6. The maximum Gasteiger partial charge on any atom is 0.225 e. The number of hydrogen-bond donors (Lipinski definition) is 1. The Morgan fingerprint density at radius 3 is 2.35 bits per heavy atom. The van der Waals surface area contributed by atoms with Gasteiger partial charge in [-0.3, -0.25) is 4.68 Å². The zero-order valence-electron chi connectivity index (χ0n) is 19.2. The number of aromatic nitrogens is 5. The second kappa shape index (κ2) is 9.02. The highest BCUT2D eigenvalue weighted by Gasteiger charge is 2.24. The first-order valence-corrected chi connectivity index (χ1v) is 13.3. The minimum atomic E-state index is -3.22. The van der Waals surface area contributed by atoms with Crippen LogP contribution in [-0.2, 0) is 16.3 Å². The van der Waals surface area contributed by atoms with Gasteiger partial charge in [0.2, 0.25) is 5.95 Å². The lowest BCUT2D eigenvalue weighted by Gasteiger charge is -2.32. The molecule has 0 amide bonds. The molecule has 1 aromatic carbocycles. The summed E-state index contributed by atoms with van der Waals surface area (Å²) in [5, 5.41) is 8.90. The molecule has 1 N–H and O–H groups in total. The Morgan fingerprint density at radius 2 is 1.71 bits per heavy atom. The smallest absolute Gasteiger partial charge is 0.225 e. The highest BCUT2D eigenvalue weighted by Crippen LogP contribution is 2.29. The highest BCUT2D eigenvalue weighted by atomic mass is 32.2. The molecule has 4 aromatic rings. The van der Waals surface area contributed by atoms with Gasteiger partial charge >= 0.3 is 0 Å². The molecule has 3 aromatic heterocycles. The fourth-order valence-electron chi connectivity index (χ4n) is 4.24. The standard InChI is InChI=1S/C24H27N7O2S/c1-3-17-13-26-24(27-14-17)30-10-8-20(9-11-30)31-22-16-25-23(12-18(22)15-28-31)29-19-4-6-21(7-5-19)34(2,32)33/h4-7,12-16,20H,3,8-11H2,1-2H3,(H,25,29). The first kappa shape index (κ1) is 22.3. The van der Waals surface area contributed by atoms with Crippen molar-refractivity contribution in [3.63, 3.8) is 0 Å². The Bertz CT molecular complexity index is 1390. The van der Waals surface area contributed by atoms with Gasteiger partial charge in [-0.05, 0) is 55.2 Å². The summed E-state index contributed by atoms with van der Waals surface area (Å²) in [5.74, 6) is 1.48. The maximum atomic E-state index is 11.6. The third kappa shape index (κ3) is 4.58. The molecule has 1 saturated heterocycles. The number of benzene rings is 1. The lowest BCUT2D eigenvalue weighted by atomic mass is 10.1.